The fourth-order valence-electron chi connectivity index (χ4n) is 2.35. The first-order valence-corrected chi connectivity index (χ1v) is 7.13. The van der Waals surface area contributed by atoms with Crippen LogP contribution in [0.2, 0.25) is 0 Å². The van der Waals surface area contributed by atoms with Gasteiger partial charge < -0.3 is 9.30 Å². The number of nitrogens with zero attached hydrogens (tertiary/aromatic N) is 3. The Kier molecular flexibility index (Phi) is 2.27. The standard InChI is InChI=1S/C19H21N3O/c1-13-5-8-15(9-6-13)19-16(11-18(23)21(3)4)22-12-14(2)7-10-17(22)20-19/h5-10,12H,11H2,1-4H3/i1D3,2D3,12D. The number of fused-ring (bicyclic) bond motifs is 1. The lowest BCUT2D eigenvalue weighted by atomic mass is 10.1. The van der Waals surface area contributed by atoms with Crippen molar-refractivity contribution in [2.24, 2.45) is 0 Å². The number of carbonyl (C=O) groups excluding carboxylic acids is 1. The van der Waals surface area contributed by atoms with Crippen molar-refractivity contribution in [1.29, 1.82) is 0 Å². The molecule has 0 bridgehead atoms. The molecule has 0 aliphatic carbocycles. The average Bonchev–Trinajstić information content (AvgIpc) is 2.99. The summed E-state index contributed by atoms with van der Waals surface area (Å²) in [4.78, 5) is 18.4. The Morgan fingerprint density at radius 3 is 2.52 bits per heavy atom. The molecule has 0 saturated carbocycles. The minimum Gasteiger partial charge on any atom is -0.348 e. The smallest absolute Gasteiger partial charge is 0.228 e. The normalized spacial score (nSPS) is 16.5. The van der Waals surface area contributed by atoms with Crippen molar-refractivity contribution in [2.75, 3.05) is 14.1 Å². The zero-order valence-corrected chi connectivity index (χ0v) is 12.9. The molecular formula is C19H21N3O. The van der Waals surface area contributed by atoms with Gasteiger partial charge in [-0.1, -0.05) is 35.9 Å². The molecule has 0 atom stereocenters. The van der Waals surface area contributed by atoms with Crippen LogP contribution in [-0.2, 0) is 11.2 Å². The van der Waals surface area contributed by atoms with Crippen molar-refractivity contribution in [3.05, 3.63) is 59.4 Å². The minimum absolute atomic E-state index is 0.0964. The maximum absolute atomic E-state index is 12.5. The van der Waals surface area contributed by atoms with Crippen LogP contribution in [0.4, 0.5) is 0 Å². The van der Waals surface area contributed by atoms with Gasteiger partial charge in [-0.2, -0.15) is 0 Å². The highest BCUT2D eigenvalue weighted by Crippen LogP contribution is 2.26. The van der Waals surface area contributed by atoms with Crippen molar-refractivity contribution < 1.29 is 14.4 Å². The van der Waals surface area contributed by atoms with Crippen molar-refractivity contribution >= 4 is 11.6 Å². The lowest BCUT2D eigenvalue weighted by molar-refractivity contribution is -0.128. The van der Waals surface area contributed by atoms with Crippen LogP contribution < -0.4 is 0 Å². The summed E-state index contributed by atoms with van der Waals surface area (Å²) >= 11 is 0. The second-order valence-electron chi connectivity index (χ2n) is 5.50. The van der Waals surface area contributed by atoms with E-state index in [0.29, 0.717) is 22.6 Å². The number of aromatic nitrogens is 2. The van der Waals surface area contributed by atoms with E-state index in [2.05, 4.69) is 4.98 Å². The van der Waals surface area contributed by atoms with E-state index in [1.165, 1.54) is 33.6 Å². The number of aryl methyl sites for hydroxylation is 2. The maximum Gasteiger partial charge on any atom is 0.228 e. The highest BCUT2D eigenvalue weighted by atomic mass is 16.2. The van der Waals surface area contributed by atoms with Gasteiger partial charge in [-0.15, -0.1) is 0 Å². The molecule has 0 radical (unpaired) electrons. The molecule has 0 aliphatic rings. The van der Waals surface area contributed by atoms with Crippen LogP contribution in [0, 0.1) is 13.7 Å². The van der Waals surface area contributed by atoms with E-state index in [-0.39, 0.29) is 29.6 Å². The van der Waals surface area contributed by atoms with Gasteiger partial charge in [-0.3, -0.25) is 4.79 Å². The lowest BCUT2D eigenvalue weighted by Crippen LogP contribution is -2.24. The van der Waals surface area contributed by atoms with E-state index in [4.69, 9.17) is 9.60 Å². The monoisotopic (exact) mass is 314 g/mol. The van der Waals surface area contributed by atoms with E-state index < -0.39 is 13.7 Å². The first kappa shape index (κ1) is 8.87. The Hall–Kier alpha value is -2.62. The van der Waals surface area contributed by atoms with E-state index in [9.17, 15) is 4.79 Å². The predicted octanol–water partition coefficient (Wildman–Crippen LogP) is 3.25. The van der Waals surface area contributed by atoms with Crippen LogP contribution in [0.5, 0.6) is 0 Å². The quantitative estimate of drug-likeness (QED) is 0.744. The third-order valence-electron chi connectivity index (χ3n) is 3.61. The summed E-state index contributed by atoms with van der Waals surface area (Å²) in [6, 6.07) is 8.99. The topological polar surface area (TPSA) is 37.6 Å². The number of hydrogen-bond donors (Lipinski definition) is 0. The molecule has 118 valence electrons. The number of benzene rings is 1. The Morgan fingerprint density at radius 1 is 1.17 bits per heavy atom. The van der Waals surface area contributed by atoms with Crippen LogP contribution in [-0.4, -0.2) is 34.3 Å². The molecule has 1 aromatic carbocycles. The molecule has 0 N–H and O–H groups in total. The second-order valence-corrected chi connectivity index (χ2v) is 5.50. The summed E-state index contributed by atoms with van der Waals surface area (Å²) in [5, 5.41) is 0. The predicted molar refractivity (Wildman–Crippen MR) is 92.5 cm³/mol. The Labute approximate surface area is 146 Å². The van der Waals surface area contributed by atoms with Crippen LogP contribution >= 0.6 is 0 Å². The van der Waals surface area contributed by atoms with Gasteiger partial charge in [-0.05, 0) is 25.3 Å². The first-order chi connectivity index (χ1) is 13.8. The maximum atomic E-state index is 12.5. The number of rotatable bonds is 3. The fourth-order valence-corrected chi connectivity index (χ4v) is 2.35. The van der Waals surface area contributed by atoms with Crippen LogP contribution in [0.25, 0.3) is 16.9 Å². The van der Waals surface area contributed by atoms with Crippen LogP contribution in [0.15, 0.2) is 42.6 Å². The van der Waals surface area contributed by atoms with Gasteiger partial charge in [0.1, 0.15) is 5.65 Å². The minimum atomic E-state index is -2.49. The van der Waals surface area contributed by atoms with Gasteiger partial charge >= 0.3 is 0 Å². The molecule has 0 spiro atoms. The number of pyridine rings is 1. The summed E-state index contributed by atoms with van der Waals surface area (Å²) in [5.41, 5.74) is 1.72. The lowest BCUT2D eigenvalue weighted by Gasteiger charge is -2.11. The van der Waals surface area contributed by atoms with E-state index in [1.807, 2.05) is 0 Å². The van der Waals surface area contributed by atoms with Crippen molar-refractivity contribution in [1.82, 2.24) is 14.3 Å². The highest BCUT2D eigenvalue weighted by Gasteiger charge is 2.18. The van der Waals surface area contributed by atoms with Crippen molar-refractivity contribution in [3.63, 3.8) is 0 Å². The zero-order valence-electron chi connectivity index (χ0n) is 19.9. The summed E-state index contributed by atoms with van der Waals surface area (Å²) in [6.07, 6.45) is -0.354. The zero-order chi connectivity index (χ0) is 22.4. The highest BCUT2D eigenvalue weighted by molar-refractivity contribution is 5.81. The number of imidazole rings is 1. The molecule has 0 saturated heterocycles. The molecule has 23 heavy (non-hydrogen) atoms. The Bertz CT molecular complexity index is 1100. The third-order valence-corrected chi connectivity index (χ3v) is 3.61. The average molecular weight is 314 g/mol. The molecule has 4 nitrogen and oxygen atoms in total. The SMILES string of the molecule is [2H]c1c(C([2H])([2H])[2H])ccc2nc(-c3ccc(C([2H])([2H])[2H])cc3)c(CC(=O)N(C)C)n12. The Morgan fingerprint density at radius 2 is 1.87 bits per heavy atom. The van der Waals surface area contributed by atoms with Crippen molar-refractivity contribution in [2.45, 2.75) is 20.1 Å². The fraction of sp³-hybridized carbons (Fsp3) is 0.263. The molecule has 2 aromatic heterocycles. The van der Waals surface area contributed by atoms with Gasteiger partial charge in [0.15, 0.2) is 0 Å². The first-order valence-electron chi connectivity index (χ1n) is 10.6. The molecule has 2 heterocycles. The third kappa shape index (κ3) is 2.97. The van der Waals surface area contributed by atoms with Gasteiger partial charge in [0.25, 0.3) is 0 Å². The van der Waals surface area contributed by atoms with Gasteiger partial charge in [-0.25, -0.2) is 4.98 Å². The van der Waals surface area contributed by atoms with Crippen LogP contribution in [0.3, 0.4) is 0 Å². The number of amides is 1. The molecule has 3 aromatic rings. The van der Waals surface area contributed by atoms with Gasteiger partial charge in [0.05, 0.1) is 19.2 Å². The van der Waals surface area contributed by atoms with E-state index in [0.717, 1.165) is 0 Å². The molecular weight excluding hydrogens is 286 g/mol. The van der Waals surface area contributed by atoms with Gasteiger partial charge in [0.2, 0.25) is 5.91 Å². The molecule has 0 aliphatic heterocycles. The number of carbonyl (C=O) groups is 1. The summed E-state index contributed by atoms with van der Waals surface area (Å²) in [6.45, 7) is -4.73. The number of hydrogen-bond acceptors (Lipinski definition) is 2. The number of likely N-dealkylation sites (N-methyl/N-ethyl adjacent to an activating group) is 1. The van der Waals surface area contributed by atoms with Crippen LogP contribution in [0.1, 0.15) is 26.4 Å². The molecule has 1 amide bonds. The summed E-state index contributed by atoms with van der Waals surface area (Å²) in [7, 11) is 3.21. The Balaban J connectivity index is 2.25. The summed E-state index contributed by atoms with van der Waals surface area (Å²) < 4.78 is 55.4. The molecule has 3 rings (SSSR count). The second kappa shape index (κ2) is 5.88. The summed E-state index contributed by atoms with van der Waals surface area (Å²) in [5.74, 6) is -0.240. The van der Waals surface area contributed by atoms with E-state index in [1.54, 1.807) is 26.2 Å². The van der Waals surface area contributed by atoms with Crippen molar-refractivity contribution in [3.8, 4) is 11.3 Å². The largest absolute Gasteiger partial charge is 0.348 e. The molecule has 4 heteroatoms. The van der Waals surface area contributed by atoms with Gasteiger partial charge in [0, 0.05) is 34.1 Å². The van der Waals surface area contributed by atoms with E-state index >= 15 is 0 Å². The molecule has 0 fully saturated rings. The molecule has 0 unspecified atom stereocenters.